The first-order chi connectivity index (χ1) is 12.9. The van der Waals surface area contributed by atoms with Crippen molar-refractivity contribution in [1.82, 2.24) is 4.57 Å². The van der Waals surface area contributed by atoms with Gasteiger partial charge in [-0.15, -0.1) is 11.3 Å². The van der Waals surface area contributed by atoms with E-state index in [9.17, 15) is 9.59 Å². The molecule has 0 N–H and O–H groups in total. The molecule has 0 saturated carbocycles. The van der Waals surface area contributed by atoms with Crippen molar-refractivity contribution in [3.05, 3.63) is 80.3 Å². The lowest BCUT2D eigenvalue weighted by molar-refractivity contribution is 0.0473. The standard InChI is InChI=1S/C22H23NO3S/c1-14-7-8-19(15(2)10-14)22(25)26-13-21(24)20-11-16(3)23(17(20)4)12-18-6-5-9-27-18/h5-11H,12-13H2,1-4H3. The SMILES string of the molecule is Cc1ccc(C(=O)OCC(=O)c2cc(C)n(Cc3cccs3)c2C)c(C)c1. The van der Waals surface area contributed by atoms with E-state index in [1.165, 1.54) is 4.88 Å². The summed E-state index contributed by atoms with van der Waals surface area (Å²) in [5, 5.41) is 2.04. The van der Waals surface area contributed by atoms with Crippen molar-refractivity contribution in [2.24, 2.45) is 0 Å². The second-order valence-electron chi connectivity index (χ2n) is 6.77. The summed E-state index contributed by atoms with van der Waals surface area (Å²) < 4.78 is 7.40. The third kappa shape index (κ3) is 4.19. The highest BCUT2D eigenvalue weighted by molar-refractivity contribution is 7.09. The van der Waals surface area contributed by atoms with E-state index in [0.29, 0.717) is 11.1 Å². The molecule has 1 aromatic carbocycles. The van der Waals surface area contributed by atoms with Crippen molar-refractivity contribution in [3.63, 3.8) is 0 Å². The van der Waals surface area contributed by atoms with Gasteiger partial charge in [-0.3, -0.25) is 4.79 Å². The minimum absolute atomic E-state index is 0.182. The Bertz CT molecular complexity index is 983. The molecule has 0 amide bonds. The fourth-order valence-corrected chi connectivity index (χ4v) is 3.91. The van der Waals surface area contributed by atoms with Crippen LogP contribution in [0.2, 0.25) is 0 Å². The summed E-state index contributed by atoms with van der Waals surface area (Å²) in [6.45, 7) is 8.24. The van der Waals surface area contributed by atoms with Crippen molar-refractivity contribution in [2.75, 3.05) is 6.61 Å². The number of hydrogen-bond donors (Lipinski definition) is 0. The van der Waals surface area contributed by atoms with Crippen LogP contribution in [-0.2, 0) is 11.3 Å². The number of nitrogens with zero attached hydrogens (tertiary/aromatic N) is 1. The van der Waals surface area contributed by atoms with Crippen LogP contribution in [0.25, 0.3) is 0 Å². The molecule has 0 saturated heterocycles. The maximum atomic E-state index is 12.6. The molecule has 0 aliphatic heterocycles. The predicted molar refractivity (Wildman–Crippen MR) is 108 cm³/mol. The Labute approximate surface area is 163 Å². The largest absolute Gasteiger partial charge is 0.454 e. The van der Waals surface area contributed by atoms with Gasteiger partial charge in [-0.2, -0.15) is 0 Å². The molecule has 0 bridgehead atoms. The van der Waals surface area contributed by atoms with Crippen LogP contribution in [0.1, 0.15) is 48.1 Å². The van der Waals surface area contributed by atoms with Gasteiger partial charge in [-0.05, 0) is 56.8 Å². The zero-order valence-corrected chi connectivity index (χ0v) is 16.9. The highest BCUT2D eigenvalue weighted by Crippen LogP contribution is 2.20. The Hall–Kier alpha value is -2.66. The van der Waals surface area contributed by atoms with E-state index >= 15 is 0 Å². The maximum Gasteiger partial charge on any atom is 0.338 e. The number of esters is 1. The van der Waals surface area contributed by atoms with Gasteiger partial charge in [0.15, 0.2) is 6.61 Å². The lowest BCUT2D eigenvalue weighted by atomic mass is 10.1. The Morgan fingerprint density at radius 2 is 1.81 bits per heavy atom. The molecule has 5 heteroatoms. The Morgan fingerprint density at radius 1 is 1.04 bits per heavy atom. The van der Waals surface area contributed by atoms with Gasteiger partial charge in [0.1, 0.15) is 0 Å². The molecular formula is C22H23NO3S. The van der Waals surface area contributed by atoms with Crippen LogP contribution >= 0.6 is 11.3 Å². The number of carbonyl (C=O) groups is 2. The molecular weight excluding hydrogens is 358 g/mol. The van der Waals surface area contributed by atoms with Gasteiger partial charge in [0.2, 0.25) is 5.78 Å². The smallest absolute Gasteiger partial charge is 0.338 e. The fraction of sp³-hybridized carbons (Fsp3) is 0.273. The average Bonchev–Trinajstić information content (AvgIpc) is 3.23. The monoisotopic (exact) mass is 381 g/mol. The molecule has 0 atom stereocenters. The summed E-state index contributed by atoms with van der Waals surface area (Å²) in [5.74, 6) is -0.646. The molecule has 4 nitrogen and oxygen atoms in total. The summed E-state index contributed by atoms with van der Waals surface area (Å²) >= 11 is 1.69. The first kappa shape index (κ1) is 19.1. The first-order valence-corrected chi connectivity index (χ1v) is 9.71. The van der Waals surface area contributed by atoms with E-state index in [-0.39, 0.29) is 12.4 Å². The average molecular weight is 381 g/mol. The Kier molecular flexibility index (Phi) is 5.61. The number of Topliss-reactive ketones (excluding diaryl/α,β-unsaturated/α-hetero) is 1. The molecule has 0 unspecified atom stereocenters. The van der Waals surface area contributed by atoms with E-state index in [1.54, 1.807) is 17.4 Å². The molecule has 2 heterocycles. The second kappa shape index (κ2) is 7.92. The molecule has 2 aromatic heterocycles. The summed E-state index contributed by atoms with van der Waals surface area (Å²) in [4.78, 5) is 26.2. The van der Waals surface area contributed by atoms with Gasteiger partial charge in [0.25, 0.3) is 0 Å². The highest BCUT2D eigenvalue weighted by atomic mass is 32.1. The van der Waals surface area contributed by atoms with Crippen molar-refractivity contribution < 1.29 is 14.3 Å². The van der Waals surface area contributed by atoms with Gasteiger partial charge < -0.3 is 9.30 Å². The normalized spacial score (nSPS) is 10.8. The van der Waals surface area contributed by atoms with Crippen LogP contribution in [0.4, 0.5) is 0 Å². The zero-order chi connectivity index (χ0) is 19.6. The van der Waals surface area contributed by atoms with Crippen LogP contribution in [0.3, 0.4) is 0 Å². The molecule has 0 radical (unpaired) electrons. The number of hydrogen-bond acceptors (Lipinski definition) is 4. The molecule has 0 aliphatic carbocycles. The van der Waals surface area contributed by atoms with Crippen LogP contribution in [-0.4, -0.2) is 22.9 Å². The zero-order valence-electron chi connectivity index (χ0n) is 16.0. The maximum absolute atomic E-state index is 12.6. The van der Waals surface area contributed by atoms with Gasteiger partial charge >= 0.3 is 5.97 Å². The van der Waals surface area contributed by atoms with E-state index in [4.69, 9.17) is 4.74 Å². The topological polar surface area (TPSA) is 48.3 Å². The lowest BCUT2D eigenvalue weighted by Crippen LogP contribution is -2.16. The Balaban J connectivity index is 1.70. The Morgan fingerprint density at radius 3 is 2.48 bits per heavy atom. The molecule has 140 valence electrons. The molecule has 3 aromatic rings. The quantitative estimate of drug-likeness (QED) is 0.452. The number of carbonyl (C=O) groups excluding carboxylic acids is 2. The van der Waals surface area contributed by atoms with Crippen molar-refractivity contribution in [2.45, 2.75) is 34.2 Å². The fourth-order valence-electron chi connectivity index (χ4n) is 3.21. The molecule has 0 aliphatic rings. The lowest BCUT2D eigenvalue weighted by Gasteiger charge is -2.09. The number of aromatic nitrogens is 1. The van der Waals surface area contributed by atoms with Gasteiger partial charge in [-0.1, -0.05) is 23.8 Å². The van der Waals surface area contributed by atoms with Crippen LogP contribution in [0.5, 0.6) is 0 Å². The highest BCUT2D eigenvalue weighted by Gasteiger charge is 2.19. The first-order valence-electron chi connectivity index (χ1n) is 8.83. The van der Waals surface area contributed by atoms with Crippen LogP contribution in [0.15, 0.2) is 41.8 Å². The molecule has 3 rings (SSSR count). The van der Waals surface area contributed by atoms with Gasteiger partial charge in [-0.25, -0.2) is 4.79 Å². The van der Waals surface area contributed by atoms with E-state index in [0.717, 1.165) is 29.1 Å². The third-order valence-electron chi connectivity index (χ3n) is 4.70. The molecule has 0 fully saturated rings. The molecule has 27 heavy (non-hydrogen) atoms. The van der Waals surface area contributed by atoms with Crippen molar-refractivity contribution in [3.8, 4) is 0 Å². The summed E-state index contributed by atoms with van der Waals surface area (Å²) in [6, 6.07) is 11.5. The summed E-state index contributed by atoms with van der Waals surface area (Å²) in [6.07, 6.45) is 0. The van der Waals surface area contributed by atoms with E-state index in [2.05, 4.69) is 10.6 Å². The van der Waals surface area contributed by atoms with Crippen LogP contribution < -0.4 is 0 Å². The number of benzene rings is 1. The second-order valence-corrected chi connectivity index (χ2v) is 7.80. The predicted octanol–water partition coefficient (Wildman–Crippen LogP) is 4.87. The van der Waals surface area contributed by atoms with Crippen molar-refractivity contribution in [1.29, 1.82) is 0 Å². The summed E-state index contributed by atoms with van der Waals surface area (Å²) in [7, 11) is 0. The van der Waals surface area contributed by atoms with Crippen molar-refractivity contribution >= 4 is 23.1 Å². The number of aryl methyl sites for hydroxylation is 3. The number of thiophene rings is 1. The van der Waals surface area contributed by atoms with Gasteiger partial charge in [0.05, 0.1) is 12.1 Å². The molecule has 0 spiro atoms. The van der Waals surface area contributed by atoms with Gasteiger partial charge in [0, 0.05) is 21.8 Å². The third-order valence-corrected chi connectivity index (χ3v) is 5.57. The number of ether oxygens (including phenoxy) is 1. The minimum Gasteiger partial charge on any atom is -0.454 e. The summed E-state index contributed by atoms with van der Waals surface area (Å²) in [5.41, 5.74) is 4.95. The van der Waals surface area contributed by atoms with E-state index in [1.807, 2.05) is 57.3 Å². The van der Waals surface area contributed by atoms with E-state index < -0.39 is 5.97 Å². The number of ketones is 1. The minimum atomic E-state index is -0.465. The number of rotatable bonds is 6. The van der Waals surface area contributed by atoms with Crippen LogP contribution in [0, 0.1) is 27.7 Å².